The van der Waals surface area contributed by atoms with Gasteiger partial charge in [-0.05, 0) is 24.1 Å². The van der Waals surface area contributed by atoms with Crippen LogP contribution >= 0.6 is 11.6 Å². The van der Waals surface area contributed by atoms with E-state index in [2.05, 4.69) is 10.3 Å². The number of hydrogen-bond donors (Lipinski definition) is 1. The summed E-state index contributed by atoms with van der Waals surface area (Å²) in [5, 5.41) is 3.95. The van der Waals surface area contributed by atoms with Gasteiger partial charge in [0.15, 0.2) is 0 Å². The zero-order valence-electron chi connectivity index (χ0n) is 10.6. The molecule has 1 saturated heterocycles. The zero-order valence-corrected chi connectivity index (χ0v) is 11.4. The van der Waals surface area contributed by atoms with Crippen LogP contribution in [0.1, 0.15) is 18.4 Å². The van der Waals surface area contributed by atoms with E-state index in [4.69, 9.17) is 11.6 Å². The van der Waals surface area contributed by atoms with Gasteiger partial charge in [-0.2, -0.15) is 0 Å². The zero-order chi connectivity index (χ0) is 13.2. The van der Waals surface area contributed by atoms with Crippen LogP contribution in [-0.4, -0.2) is 42.3 Å². The van der Waals surface area contributed by atoms with Crippen LogP contribution in [0.2, 0.25) is 5.02 Å². The van der Waals surface area contributed by atoms with Gasteiger partial charge in [-0.3, -0.25) is 15.1 Å². The second-order valence-electron chi connectivity index (χ2n) is 4.87. The molecule has 0 aromatic heterocycles. The predicted octanol–water partition coefficient (Wildman–Crippen LogP) is 1.68. The quantitative estimate of drug-likeness (QED) is 0.894. The molecule has 0 bridgehead atoms. The summed E-state index contributed by atoms with van der Waals surface area (Å²) >= 11 is 5.92. The van der Waals surface area contributed by atoms with Gasteiger partial charge in [0.05, 0.1) is 18.4 Å². The Labute approximate surface area is 117 Å². The molecule has 4 nitrogen and oxygen atoms in total. The van der Waals surface area contributed by atoms with Crippen molar-refractivity contribution in [2.24, 2.45) is 4.99 Å². The lowest BCUT2D eigenvalue weighted by atomic mass is 10.0. The van der Waals surface area contributed by atoms with E-state index >= 15 is 0 Å². The van der Waals surface area contributed by atoms with E-state index in [0.29, 0.717) is 18.1 Å². The van der Waals surface area contributed by atoms with Gasteiger partial charge in [0, 0.05) is 24.5 Å². The fourth-order valence-corrected chi connectivity index (χ4v) is 2.83. The third kappa shape index (κ3) is 2.51. The van der Waals surface area contributed by atoms with Crippen LogP contribution in [0.5, 0.6) is 0 Å². The van der Waals surface area contributed by atoms with Gasteiger partial charge < -0.3 is 4.90 Å². The highest BCUT2D eigenvalue weighted by molar-refractivity contribution is 6.30. The van der Waals surface area contributed by atoms with E-state index in [1.165, 1.54) is 0 Å². The van der Waals surface area contributed by atoms with Crippen LogP contribution in [0.25, 0.3) is 0 Å². The smallest absolute Gasteiger partial charge is 0.223 e. The number of carbonyl (C=O) groups excluding carboxylic acids is 1. The van der Waals surface area contributed by atoms with Crippen molar-refractivity contribution in [2.75, 3.05) is 19.8 Å². The molecule has 0 radical (unpaired) electrons. The fraction of sp³-hybridized carbons (Fsp3) is 0.429. The normalized spacial score (nSPS) is 23.6. The van der Waals surface area contributed by atoms with E-state index in [1.54, 1.807) is 0 Å². The maximum atomic E-state index is 11.9. The van der Waals surface area contributed by atoms with Gasteiger partial charge >= 0.3 is 0 Å². The van der Waals surface area contributed by atoms with Gasteiger partial charge in [-0.25, -0.2) is 0 Å². The minimum Gasteiger partial charge on any atom is -0.333 e. The molecular formula is C14H16ClN3O. The van der Waals surface area contributed by atoms with Gasteiger partial charge in [0.2, 0.25) is 5.91 Å². The molecule has 0 spiro atoms. The Morgan fingerprint density at radius 3 is 2.79 bits per heavy atom. The molecule has 19 heavy (non-hydrogen) atoms. The Kier molecular flexibility index (Phi) is 3.53. The van der Waals surface area contributed by atoms with Crippen LogP contribution in [0.3, 0.4) is 0 Å². The van der Waals surface area contributed by atoms with E-state index in [-0.39, 0.29) is 11.9 Å². The lowest BCUT2D eigenvalue weighted by Crippen LogP contribution is -2.51. The SMILES string of the molecule is O=C1CCCN1C1CNCN=C1c1ccc(Cl)cc1. The van der Waals surface area contributed by atoms with Crippen molar-refractivity contribution in [1.82, 2.24) is 10.2 Å². The van der Waals surface area contributed by atoms with E-state index in [9.17, 15) is 4.79 Å². The molecule has 2 aliphatic rings. The number of aliphatic imine (C=N–C) groups is 1. The lowest BCUT2D eigenvalue weighted by molar-refractivity contribution is -0.128. The molecule has 2 aliphatic heterocycles. The topological polar surface area (TPSA) is 44.7 Å². The second kappa shape index (κ2) is 5.31. The molecule has 0 aliphatic carbocycles. The van der Waals surface area contributed by atoms with Gasteiger partial charge in [-0.1, -0.05) is 23.7 Å². The van der Waals surface area contributed by atoms with Crippen molar-refractivity contribution in [2.45, 2.75) is 18.9 Å². The summed E-state index contributed by atoms with van der Waals surface area (Å²) in [5.41, 5.74) is 2.04. The maximum absolute atomic E-state index is 11.9. The molecule has 3 rings (SSSR count). The molecule has 1 amide bonds. The van der Waals surface area contributed by atoms with Gasteiger partial charge in [0.25, 0.3) is 0 Å². The standard InChI is InChI=1S/C14H16ClN3O/c15-11-5-3-10(4-6-11)14-12(8-16-9-17-14)18-7-1-2-13(18)19/h3-6,12,16H,1-2,7-9H2. The number of nitrogens with one attached hydrogen (secondary N) is 1. The molecule has 0 saturated carbocycles. The number of amides is 1. The average molecular weight is 278 g/mol. The van der Waals surface area contributed by atoms with Crippen LogP contribution in [-0.2, 0) is 4.79 Å². The number of carbonyl (C=O) groups is 1. The molecule has 2 heterocycles. The fourth-order valence-electron chi connectivity index (χ4n) is 2.71. The van der Waals surface area contributed by atoms with Crippen LogP contribution in [0.4, 0.5) is 0 Å². The van der Waals surface area contributed by atoms with E-state index < -0.39 is 0 Å². The predicted molar refractivity (Wildman–Crippen MR) is 75.6 cm³/mol. The van der Waals surface area contributed by atoms with Crippen molar-refractivity contribution in [3.63, 3.8) is 0 Å². The minimum absolute atomic E-state index is 0.0462. The number of rotatable bonds is 2. The largest absolute Gasteiger partial charge is 0.333 e. The summed E-state index contributed by atoms with van der Waals surface area (Å²) in [7, 11) is 0. The number of benzene rings is 1. The number of hydrogen-bond acceptors (Lipinski definition) is 3. The van der Waals surface area contributed by atoms with Crippen molar-refractivity contribution in [3.05, 3.63) is 34.9 Å². The number of halogens is 1. The first-order valence-electron chi connectivity index (χ1n) is 6.56. The lowest BCUT2D eigenvalue weighted by Gasteiger charge is -2.32. The van der Waals surface area contributed by atoms with Crippen LogP contribution in [0.15, 0.2) is 29.3 Å². The number of likely N-dealkylation sites (tertiary alicyclic amines) is 1. The summed E-state index contributed by atoms with van der Waals surface area (Å²) in [6.07, 6.45) is 1.60. The summed E-state index contributed by atoms with van der Waals surface area (Å²) in [6, 6.07) is 7.72. The summed E-state index contributed by atoms with van der Waals surface area (Å²) in [5.74, 6) is 0.232. The maximum Gasteiger partial charge on any atom is 0.223 e. The highest BCUT2D eigenvalue weighted by atomic mass is 35.5. The molecule has 1 aromatic rings. The first kappa shape index (κ1) is 12.6. The number of nitrogens with zero attached hydrogens (tertiary/aromatic N) is 2. The van der Waals surface area contributed by atoms with Gasteiger partial charge in [0.1, 0.15) is 0 Å². The van der Waals surface area contributed by atoms with Crippen molar-refractivity contribution in [1.29, 1.82) is 0 Å². The average Bonchev–Trinajstić information content (AvgIpc) is 2.86. The highest BCUT2D eigenvalue weighted by Crippen LogP contribution is 2.20. The Morgan fingerprint density at radius 1 is 1.32 bits per heavy atom. The van der Waals surface area contributed by atoms with Crippen molar-refractivity contribution in [3.8, 4) is 0 Å². The Bertz CT molecular complexity index is 512. The molecular weight excluding hydrogens is 262 g/mol. The summed E-state index contributed by atoms with van der Waals surface area (Å²) < 4.78 is 0. The molecule has 5 heteroatoms. The highest BCUT2D eigenvalue weighted by Gasteiger charge is 2.32. The van der Waals surface area contributed by atoms with E-state index in [0.717, 1.165) is 30.8 Å². The molecule has 1 N–H and O–H groups in total. The Hall–Kier alpha value is -1.39. The van der Waals surface area contributed by atoms with Crippen molar-refractivity contribution >= 4 is 23.2 Å². The second-order valence-corrected chi connectivity index (χ2v) is 5.31. The van der Waals surface area contributed by atoms with E-state index in [1.807, 2.05) is 29.2 Å². The van der Waals surface area contributed by atoms with Crippen LogP contribution in [0, 0.1) is 0 Å². The Morgan fingerprint density at radius 2 is 2.11 bits per heavy atom. The van der Waals surface area contributed by atoms with Crippen LogP contribution < -0.4 is 5.32 Å². The van der Waals surface area contributed by atoms with Crippen molar-refractivity contribution < 1.29 is 4.79 Å². The molecule has 1 aromatic carbocycles. The molecule has 1 atom stereocenters. The summed E-state index contributed by atoms with van der Waals surface area (Å²) in [4.78, 5) is 18.4. The Balaban J connectivity index is 1.90. The van der Waals surface area contributed by atoms with Gasteiger partial charge in [-0.15, -0.1) is 0 Å². The third-order valence-electron chi connectivity index (χ3n) is 3.64. The monoisotopic (exact) mass is 277 g/mol. The molecule has 1 fully saturated rings. The minimum atomic E-state index is 0.0462. The summed E-state index contributed by atoms with van der Waals surface area (Å²) in [6.45, 7) is 2.21. The first-order chi connectivity index (χ1) is 9.25. The molecule has 100 valence electrons. The third-order valence-corrected chi connectivity index (χ3v) is 3.89. The first-order valence-corrected chi connectivity index (χ1v) is 6.94. The molecule has 1 unspecified atom stereocenters.